The van der Waals surface area contributed by atoms with Crippen LogP contribution in [0.2, 0.25) is 0 Å². The van der Waals surface area contributed by atoms with Gasteiger partial charge in [-0.15, -0.1) is 0 Å². The molecule has 1 aliphatic heterocycles. The van der Waals surface area contributed by atoms with Crippen molar-refractivity contribution in [3.63, 3.8) is 0 Å². The molecule has 2 heterocycles. The molecule has 0 aliphatic carbocycles. The summed E-state index contributed by atoms with van der Waals surface area (Å²) in [6.07, 6.45) is 2.29. The third-order valence-electron chi connectivity index (χ3n) is 2.63. The highest BCUT2D eigenvalue weighted by Gasteiger charge is 2.13. The summed E-state index contributed by atoms with van der Waals surface area (Å²) in [5.74, 6) is 0.329. The lowest BCUT2D eigenvalue weighted by atomic mass is 10.3. The van der Waals surface area contributed by atoms with Crippen molar-refractivity contribution in [1.29, 1.82) is 0 Å². The first-order chi connectivity index (χ1) is 8.16. The number of hydrogen-bond donors (Lipinski definition) is 0. The van der Waals surface area contributed by atoms with E-state index >= 15 is 0 Å². The van der Waals surface area contributed by atoms with Crippen LogP contribution in [0.15, 0.2) is 21.1 Å². The van der Waals surface area contributed by atoms with Crippen molar-refractivity contribution in [3.8, 4) is 0 Å². The lowest BCUT2D eigenvalue weighted by Crippen LogP contribution is -2.22. The molecule has 0 aromatic carbocycles. The van der Waals surface area contributed by atoms with E-state index in [1.54, 1.807) is 6.07 Å². The van der Waals surface area contributed by atoms with Crippen molar-refractivity contribution < 1.29 is 4.39 Å². The van der Waals surface area contributed by atoms with E-state index in [9.17, 15) is 4.39 Å². The van der Waals surface area contributed by atoms with E-state index in [-0.39, 0.29) is 16.7 Å². The Morgan fingerprint density at radius 3 is 3.12 bits per heavy atom. The van der Waals surface area contributed by atoms with E-state index in [0.29, 0.717) is 16.0 Å². The number of hydrogen-bond acceptors (Lipinski definition) is 3. The van der Waals surface area contributed by atoms with E-state index < -0.39 is 0 Å². The minimum absolute atomic E-state index is 0.241. The van der Waals surface area contributed by atoms with Crippen LogP contribution in [-0.4, -0.2) is 29.4 Å². The van der Waals surface area contributed by atoms with Crippen LogP contribution in [-0.2, 0) is 16.6 Å². The van der Waals surface area contributed by atoms with E-state index in [2.05, 4.69) is 29.6 Å². The number of pyridine rings is 1. The van der Waals surface area contributed by atoms with Crippen LogP contribution in [0.1, 0.15) is 18.5 Å². The van der Waals surface area contributed by atoms with Crippen LogP contribution in [0, 0.1) is 5.82 Å². The molecule has 1 aromatic rings. The van der Waals surface area contributed by atoms with Crippen LogP contribution >= 0.6 is 15.9 Å². The zero-order chi connectivity index (χ0) is 12.3. The second kappa shape index (κ2) is 6.02. The quantitative estimate of drug-likeness (QED) is 0.784. The van der Waals surface area contributed by atoms with Crippen LogP contribution < -0.4 is 0 Å². The average molecular weight is 320 g/mol. The van der Waals surface area contributed by atoms with Gasteiger partial charge in [-0.25, -0.2) is 18.0 Å². The molecule has 0 amide bonds. The summed E-state index contributed by atoms with van der Waals surface area (Å²) in [5.41, 5.74) is 0.500. The molecule has 2 rings (SSSR count). The van der Waals surface area contributed by atoms with Crippen molar-refractivity contribution in [3.05, 3.63) is 28.2 Å². The summed E-state index contributed by atoms with van der Waals surface area (Å²) in [7, 11) is 1.81. The first kappa shape index (κ1) is 13.1. The molecular formula is C11H15BrFN3S. The summed E-state index contributed by atoms with van der Waals surface area (Å²) in [6.45, 7) is 1.91. The van der Waals surface area contributed by atoms with Gasteiger partial charge >= 0.3 is 0 Å². The summed E-state index contributed by atoms with van der Waals surface area (Å²) in [5, 5.41) is 0. The van der Waals surface area contributed by atoms with E-state index in [1.807, 2.05) is 7.05 Å². The van der Waals surface area contributed by atoms with E-state index in [4.69, 9.17) is 0 Å². The number of halogens is 2. The van der Waals surface area contributed by atoms with Gasteiger partial charge in [-0.1, -0.05) is 0 Å². The molecule has 0 saturated carbocycles. The van der Waals surface area contributed by atoms with Crippen LogP contribution in [0.4, 0.5) is 4.39 Å². The Bertz CT molecular complexity index is 439. The lowest BCUT2D eigenvalue weighted by molar-refractivity contribution is 0.535. The monoisotopic (exact) mass is 319 g/mol. The average Bonchev–Trinajstić information content (AvgIpc) is 2.50. The van der Waals surface area contributed by atoms with Gasteiger partial charge in [-0.2, -0.15) is 0 Å². The normalized spacial score (nSPS) is 21.9. The van der Waals surface area contributed by atoms with Crippen LogP contribution in [0.3, 0.4) is 0 Å². The SMILES string of the molecule is CN1CCCCN=S1Cc1nc(Br)ccc1F. The lowest BCUT2D eigenvalue weighted by Gasteiger charge is -2.18. The number of aromatic nitrogens is 1. The van der Waals surface area contributed by atoms with Gasteiger partial charge in [0, 0.05) is 13.1 Å². The molecule has 17 heavy (non-hydrogen) atoms. The Labute approximate surface area is 112 Å². The molecule has 1 unspecified atom stereocenters. The molecule has 0 fully saturated rings. The Hall–Kier alpha value is -0.330. The van der Waals surface area contributed by atoms with Crippen LogP contribution in [0.25, 0.3) is 0 Å². The fourth-order valence-corrected chi connectivity index (χ4v) is 3.64. The molecular weight excluding hydrogens is 305 g/mol. The highest BCUT2D eigenvalue weighted by Crippen LogP contribution is 2.16. The minimum atomic E-state index is -0.242. The number of nitrogens with zero attached hydrogens (tertiary/aromatic N) is 3. The maximum Gasteiger partial charge on any atom is 0.145 e. The van der Waals surface area contributed by atoms with Crippen molar-refractivity contribution in [2.24, 2.45) is 4.36 Å². The molecule has 3 nitrogen and oxygen atoms in total. The molecule has 1 aromatic heterocycles. The van der Waals surface area contributed by atoms with Gasteiger partial charge in [-0.3, -0.25) is 0 Å². The summed E-state index contributed by atoms with van der Waals surface area (Å²) >= 11 is 3.27. The topological polar surface area (TPSA) is 28.5 Å². The summed E-state index contributed by atoms with van der Waals surface area (Å²) in [6, 6.07) is 3.07. The third kappa shape index (κ3) is 3.56. The molecule has 0 saturated heterocycles. The fraction of sp³-hybridized carbons (Fsp3) is 0.545. The molecule has 0 bridgehead atoms. The van der Waals surface area contributed by atoms with E-state index in [1.165, 1.54) is 6.07 Å². The van der Waals surface area contributed by atoms with Gasteiger partial charge in [-0.05, 0) is 58.8 Å². The van der Waals surface area contributed by atoms with Gasteiger partial charge in [0.25, 0.3) is 0 Å². The second-order valence-corrected chi connectivity index (χ2v) is 6.62. The van der Waals surface area contributed by atoms with Crippen molar-refractivity contribution in [2.75, 3.05) is 20.1 Å². The standard InChI is InChI=1S/C11H15BrFN3S/c1-16-7-3-2-6-14-17(16)8-10-9(13)4-5-11(12)15-10/h4-5H,2-3,6-8H2,1H3. The molecule has 6 heteroatoms. The predicted molar refractivity (Wildman–Crippen MR) is 72.1 cm³/mol. The molecule has 0 radical (unpaired) electrons. The molecule has 1 aliphatic rings. The Morgan fingerprint density at radius 1 is 1.47 bits per heavy atom. The van der Waals surface area contributed by atoms with Gasteiger partial charge in [0.05, 0.1) is 11.4 Å². The molecule has 1 atom stereocenters. The summed E-state index contributed by atoms with van der Waals surface area (Å²) in [4.78, 5) is 4.19. The third-order valence-corrected chi connectivity index (χ3v) is 4.99. The first-order valence-electron chi connectivity index (χ1n) is 5.57. The molecule has 0 spiro atoms. The summed E-state index contributed by atoms with van der Waals surface area (Å²) < 4.78 is 21.1. The smallest absolute Gasteiger partial charge is 0.145 e. The minimum Gasteiger partial charge on any atom is -0.249 e. The Kier molecular flexibility index (Phi) is 4.64. The van der Waals surface area contributed by atoms with Crippen molar-refractivity contribution >= 4 is 26.8 Å². The maximum absolute atomic E-state index is 13.6. The van der Waals surface area contributed by atoms with Gasteiger partial charge in [0.1, 0.15) is 10.4 Å². The van der Waals surface area contributed by atoms with Crippen molar-refractivity contribution in [2.45, 2.75) is 18.6 Å². The maximum atomic E-state index is 13.6. The highest BCUT2D eigenvalue weighted by atomic mass is 79.9. The zero-order valence-corrected chi connectivity index (χ0v) is 12.1. The number of rotatable bonds is 2. The van der Waals surface area contributed by atoms with Crippen molar-refractivity contribution in [1.82, 2.24) is 9.29 Å². The zero-order valence-electron chi connectivity index (χ0n) is 9.70. The Morgan fingerprint density at radius 2 is 2.29 bits per heavy atom. The molecule has 0 N–H and O–H groups in total. The first-order valence-corrected chi connectivity index (χ1v) is 7.67. The Balaban J connectivity index is 2.18. The van der Waals surface area contributed by atoms with Gasteiger partial charge in [0.15, 0.2) is 0 Å². The molecule has 94 valence electrons. The van der Waals surface area contributed by atoms with E-state index in [0.717, 1.165) is 25.9 Å². The highest BCUT2D eigenvalue weighted by molar-refractivity contribution is 9.10. The van der Waals surface area contributed by atoms with Gasteiger partial charge < -0.3 is 0 Å². The van der Waals surface area contributed by atoms with Gasteiger partial charge in [0.2, 0.25) is 0 Å². The predicted octanol–water partition coefficient (Wildman–Crippen LogP) is 2.93. The van der Waals surface area contributed by atoms with Crippen LogP contribution in [0.5, 0.6) is 0 Å². The second-order valence-electron chi connectivity index (χ2n) is 3.96. The fourth-order valence-electron chi connectivity index (χ4n) is 1.66. The largest absolute Gasteiger partial charge is 0.249 e.